The molecular weight excluding hydrogens is 780 g/mol. The van der Waals surface area contributed by atoms with Crippen LogP contribution in [0.5, 0.6) is 0 Å². The molecule has 0 aromatic rings. The first kappa shape index (κ1) is 99.6. The predicted molar refractivity (Wildman–Crippen MR) is 59.4 cm³/mol. The molecule has 35 heteroatoms. The van der Waals surface area contributed by atoms with Crippen LogP contribution < -0.4 is 0 Å². The second kappa shape index (κ2) is 42.5. The van der Waals surface area contributed by atoms with Gasteiger partial charge in [0.05, 0.1) is 0 Å². The first-order valence-electron chi connectivity index (χ1n) is 3.33. The van der Waals surface area contributed by atoms with Gasteiger partial charge in [0.1, 0.15) is 0 Å². The van der Waals surface area contributed by atoms with Crippen molar-refractivity contribution in [2.45, 2.75) is 0 Å². The Kier molecular flexibility index (Phi) is 121. The molecule has 0 aliphatic heterocycles. The Morgan fingerprint density at radius 1 is 0.257 bits per heavy atom. The van der Waals surface area contributed by atoms with Gasteiger partial charge < -0.3 is 78.4 Å². The fourth-order valence-electron chi connectivity index (χ4n) is 0. The van der Waals surface area contributed by atoms with Gasteiger partial charge in [-0.15, -0.1) is 0 Å². The Labute approximate surface area is 244 Å². The van der Waals surface area contributed by atoms with E-state index in [4.69, 9.17) is 87.6 Å². The van der Waals surface area contributed by atoms with E-state index in [-0.39, 0.29) is 107 Å². The molecule has 0 saturated heterocycles. The summed E-state index contributed by atoms with van der Waals surface area (Å²) in [7, 11) is -25.8. The largest absolute Gasteiger partial charge is 2.00 e. The van der Waals surface area contributed by atoms with Crippen LogP contribution in [-0.4, -0.2) is 93.1 Å². The monoisotopic (exact) mass is 782 g/mol. The Morgan fingerprint density at radius 3 is 0.257 bits per heavy atom. The van der Waals surface area contributed by atoms with Crippen molar-refractivity contribution in [2.75, 3.05) is 0 Å². The standard InChI is InChI=1S/5H2O4S.H2O.5O.4V/c5*1-5(2,3)4;;;;;;;;;;/h5*(H2,1,2,3,4);1H2;;;;;;;;;/q;;;;;;5*-2;;;;/p-10. The minimum absolute atomic E-state index is 0. The van der Waals surface area contributed by atoms with E-state index < -0.39 is 52.0 Å². The summed E-state index contributed by atoms with van der Waals surface area (Å²) in [4.78, 5) is 0. The van der Waals surface area contributed by atoms with Crippen LogP contribution in [0.4, 0.5) is 0 Å². The van der Waals surface area contributed by atoms with E-state index in [9.17, 15) is 0 Å². The van der Waals surface area contributed by atoms with Gasteiger partial charge in [-0.2, -0.15) is 0 Å². The molecule has 0 rings (SSSR count). The van der Waals surface area contributed by atoms with Gasteiger partial charge in [-0.3, -0.25) is 42.1 Å². The molecule has 0 unspecified atom stereocenters. The van der Waals surface area contributed by atoms with E-state index in [0.29, 0.717) is 0 Å². The van der Waals surface area contributed by atoms with Gasteiger partial charge in [0, 0.05) is 126 Å². The summed E-state index contributed by atoms with van der Waals surface area (Å²) >= 11 is 0. The molecule has 228 valence electrons. The maximum absolute atomic E-state index is 8.52. The summed E-state index contributed by atoms with van der Waals surface area (Å²) in [6.07, 6.45) is 0. The molecule has 0 aromatic heterocycles. The number of hydrogen-bond donors (Lipinski definition) is 0. The van der Waals surface area contributed by atoms with E-state index in [1.54, 1.807) is 0 Å². The van der Waals surface area contributed by atoms with E-state index in [2.05, 4.69) is 0 Å². The molecule has 35 heavy (non-hydrogen) atoms. The average molecular weight is 782 g/mol. The molecule has 0 aromatic carbocycles. The van der Waals surface area contributed by atoms with Crippen molar-refractivity contribution in [1.29, 1.82) is 0 Å². The molecule has 0 aliphatic carbocycles. The van der Waals surface area contributed by atoms with Gasteiger partial charge in [-0.25, -0.2) is 0 Å². The van der Waals surface area contributed by atoms with Gasteiger partial charge in [-0.05, 0) is 0 Å². The van der Waals surface area contributed by atoms with Crippen LogP contribution in [0.2, 0.25) is 0 Å². The van der Waals surface area contributed by atoms with Crippen LogP contribution in [0, 0.1) is 0 Å². The van der Waals surface area contributed by atoms with E-state index in [1.807, 2.05) is 0 Å². The first-order chi connectivity index (χ1) is 10.0. The average Bonchev–Trinajstić information content (AvgIpc) is 1.79. The van der Waals surface area contributed by atoms with Crippen molar-refractivity contribution in [3.8, 4) is 0 Å². The molecule has 0 saturated carbocycles. The molecule has 2 N–H and O–H groups in total. The Morgan fingerprint density at radius 2 is 0.257 bits per heavy atom. The third-order valence-corrected chi connectivity index (χ3v) is 0. The van der Waals surface area contributed by atoms with Gasteiger partial charge in [-0.1, -0.05) is 0 Å². The summed E-state index contributed by atoms with van der Waals surface area (Å²) in [5.41, 5.74) is 0. The summed E-state index contributed by atoms with van der Waals surface area (Å²) in [6, 6.07) is 0. The molecule has 0 amide bonds. The SMILES string of the molecule is O.O=S(=O)([O-])[O-].O=S(=O)([O-])[O-].O=S(=O)([O-])[O-].O=S(=O)([O-])[O-].O=S(=O)([O-])[O-].[O-2].[O-2].[O-2].[O-2].[O-2].[V].[V].[V].[V]. The first-order valence-corrected chi connectivity index (χ1v) is 10.0. The maximum atomic E-state index is 8.52. The molecule has 0 atom stereocenters. The number of hydrogen-bond acceptors (Lipinski definition) is 20. The number of rotatable bonds is 0. The van der Waals surface area contributed by atoms with Crippen molar-refractivity contribution in [2.24, 2.45) is 0 Å². The summed E-state index contributed by atoms with van der Waals surface area (Å²) in [6.45, 7) is 0. The predicted octanol–water partition coefficient (Wildman–Crippen LogP) is -8.12. The van der Waals surface area contributed by atoms with E-state index in [0.717, 1.165) is 0 Å². The molecule has 0 bridgehead atoms. The smallest absolute Gasteiger partial charge is 0.0311 e. The molecule has 0 fully saturated rings. The normalized spacial score (nSPS) is 8.29. The molecule has 4 radical (unpaired) electrons. The van der Waals surface area contributed by atoms with Gasteiger partial charge in [0.25, 0.3) is 0 Å². The van der Waals surface area contributed by atoms with Crippen molar-refractivity contribution in [3.63, 3.8) is 0 Å². The van der Waals surface area contributed by atoms with Gasteiger partial charge >= 0.3 is 0 Å². The van der Waals surface area contributed by atoms with E-state index in [1.165, 1.54) is 0 Å². The van der Waals surface area contributed by atoms with E-state index >= 15 is 0 Å². The third-order valence-electron chi connectivity index (χ3n) is 0. The molecule has 0 aliphatic rings. The molecule has 0 spiro atoms. The fraction of sp³-hybridized carbons (Fsp3) is 0. The van der Waals surface area contributed by atoms with Gasteiger partial charge in [0.15, 0.2) is 0 Å². The van der Waals surface area contributed by atoms with Crippen molar-refractivity contribution in [1.82, 2.24) is 0 Å². The molecule has 0 heterocycles. The van der Waals surface area contributed by atoms with Crippen molar-refractivity contribution < 1.29 is 195 Å². The van der Waals surface area contributed by atoms with Crippen LogP contribution in [0.1, 0.15) is 0 Å². The Balaban J connectivity index is -0.0000000103. The quantitative estimate of drug-likeness (QED) is 0.163. The van der Waals surface area contributed by atoms with Gasteiger partial charge in [0.2, 0.25) is 0 Å². The second-order valence-electron chi connectivity index (χ2n) is 2.04. The van der Waals surface area contributed by atoms with Crippen molar-refractivity contribution in [3.05, 3.63) is 0 Å². The third kappa shape index (κ3) is 18900. The summed E-state index contributed by atoms with van der Waals surface area (Å²) in [5, 5.41) is 0. The van der Waals surface area contributed by atoms with Crippen LogP contribution in [0.3, 0.4) is 0 Å². The topological polar surface area (TPSA) is 575 Å². The zero-order valence-corrected chi connectivity index (χ0v) is 24.2. The van der Waals surface area contributed by atoms with Crippen LogP contribution >= 0.6 is 0 Å². The second-order valence-corrected chi connectivity index (χ2v) is 6.12. The summed E-state index contributed by atoms with van der Waals surface area (Å²) < 4.78 is 170. The minimum atomic E-state index is -5.17. The Bertz CT molecular complexity index is 628. The zero-order valence-electron chi connectivity index (χ0n) is 14.5. The Hall–Kier alpha value is 1.45. The zero-order chi connectivity index (χ0) is 22.5. The summed E-state index contributed by atoms with van der Waals surface area (Å²) in [5.74, 6) is 0. The molecular formula is H2O26S5V4-20. The van der Waals surface area contributed by atoms with Crippen molar-refractivity contribution >= 4 is 52.0 Å². The van der Waals surface area contributed by atoms with Crippen LogP contribution in [-0.2, 0) is 154 Å². The van der Waals surface area contributed by atoms with Crippen LogP contribution in [0.25, 0.3) is 0 Å². The minimum Gasteiger partial charge on any atom is -2.00 e. The maximum Gasteiger partial charge on any atom is 0.0311 e. The van der Waals surface area contributed by atoms with Crippen LogP contribution in [0.15, 0.2) is 0 Å². The molecule has 26 nitrogen and oxygen atoms in total. The fourth-order valence-corrected chi connectivity index (χ4v) is 0.